The Hall–Kier alpha value is -1.59. The Kier molecular flexibility index (Phi) is 4.72. The minimum absolute atomic E-state index is 0.0203. The largest absolute Gasteiger partial charge is 0.491 e. The summed E-state index contributed by atoms with van der Waals surface area (Å²) < 4.78 is 11.3. The second-order valence-electron chi connectivity index (χ2n) is 7.25. The minimum Gasteiger partial charge on any atom is -0.491 e. The standard InChI is InChI=1S/C19H26N2O3/c22-19(21-16-10-14-5-6-15(11-16)20-14)13-3-7-17(8-4-13)24-12-18-2-1-9-23-18/h3-4,7-8,14-16,18,20H,1-2,5-6,9-12H2,(H,21,22). The molecular weight excluding hydrogens is 304 g/mol. The zero-order valence-electron chi connectivity index (χ0n) is 14.0. The Labute approximate surface area is 143 Å². The van der Waals surface area contributed by atoms with Gasteiger partial charge in [-0.2, -0.15) is 0 Å². The third-order valence-corrected chi connectivity index (χ3v) is 5.38. The second-order valence-corrected chi connectivity index (χ2v) is 7.25. The van der Waals surface area contributed by atoms with E-state index in [0.29, 0.717) is 30.3 Å². The van der Waals surface area contributed by atoms with E-state index in [4.69, 9.17) is 9.47 Å². The average molecular weight is 330 g/mol. The summed E-state index contributed by atoms with van der Waals surface area (Å²) in [5.74, 6) is 0.814. The summed E-state index contributed by atoms with van der Waals surface area (Å²) in [5, 5.41) is 6.79. The van der Waals surface area contributed by atoms with Crippen LogP contribution in [-0.4, -0.2) is 43.4 Å². The number of rotatable bonds is 5. The number of ether oxygens (including phenoxy) is 2. The van der Waals surface area contributed by atoms with Gasteiger partial charge in [0.15, 0.2) is 0 Å². The van der Waals surface area contributed by atoms with E-state index in [1.165, 1.54) is 12.8 Å². The summed E-state index contributed by atoms with van der Waals surface area (Å²) in [6.07, 6.45) is 6.98. The van der Waals surface area contributed by atoms with Crippen molar-refractivity contribution in [3.63, 3.8) is 0 Å². The summed E-state index contributed by atoms with van der Waals surface area (Å²) in [6.45, 7) is 1.43. The van der Waals surface area contributed by atoms with Gasteiger partial charge in [0, 0.05) is 30.3 Å². The molecule has 1 aromatic rings. The summed E-state index contributed by atoms with van der Waals surface area (Å²) in [7, 11) is 0. The SMILES string of the molecule is O=C(NC1CC2CCC(C1)N2)c1ccc(OCC2CCCO2)cc1. The highest BCUT2D eigenvalue weighted by Crippen LogP contribution is 2.27. The van der Waals surface area contributed by atoms with Crippen LogP contribution >= 0.6 is 0 Å². The Bertz CT molecular complexity index is 556. The van der Waals surface area contributed by atoms with E-state index in [9.17, 15) is 4.79 Å². The van der Waals surface area contributed by atoms with Crippen LogP contribution in [0.4, 0.5) is 0 Å². The number of hydrogen-bond acceptors (Lipinski definition) is 4. The third-order valence-electron chi connectivity index (χ3n) is 5.38. The molecule has 5 nitrogen and oxygen atoms in total. The quantitative estimate of drug-likeness (QED) is 0.869. The minimum atomic E-state index is 0.0203. The summed E-state index contributed by atoms with van der Waals surface area (Å²) in [5.41, 5.74) is 0.699. The Morgan fingerprint density at radius 1 is 1.17 bits per heavy atom. The van der Waals surface area contributed by atoms with Gasteiger partial charge in [-0.05, 0) is 62.8 Å². The van der Waals surface area contributed by atoms with E-state index in [1.54, 1.807) is 0 Å². The Morgan fingerprint density at radius 3 is 2.58 bits per heavy atom. The molecule has 24 heavy (non-hydrogen) atoms. The van der Waals surface area contributed by atoms with Crippen molar-refractivity contribution < 1.29 is 14.3 Å². The highest BCUT2D eigenvalue weighted by molar-refractivity contribution is 5.94. The zero-order valence-corrected chi connectivity index (χ0v) is 14.0. The van der Waals surface area contributed by atoms with Gasteiger partial charge in [0.2, 0.25) is 0 Å². The van der Waals surface area contributed by atoms with Crippen LogP contribution in [0.25, 0.3) is 0 Å². The molecule has 0 saturated carbocycles. The third kappa shape index (κ3) is 3.73. The molecule has 3 heterocycles. The molecule has 5 heteroatoms. The topological polar surface area (TPSA) is 59.6 Å². The summed E-state index contributed by atoms with van der Waals surface area (Å²) >= 11 is 0. The van der Waals surface area contributed by atoms with E-state index in [-0.39, 0.29) is 12.0 Å². The van der Waals surface area contributed by atoms with Crippen molar-refractivity contribution in [3.8, 4) is 5.75 Å². The average Bonchev–Trinajstić information content (AvgIpc) is 3.23. The summed E-state index contributed by atoms with van der Waals surface area (Å²) in [6, 6.07) is 8.90. The number of piperidine rings is 1. The lowest BCUT2D eigenvalue weighted by molar-refractivity contribution is 0.0679. The molecule has 0 radical (unpaired) electrons. The predicted octanol–water partition coefficient (Wildman–Crippen LogP) is 2.26. The van der Waals surface area contributed by atoms with Crippen LogP contribution in [-0.2, 0) is 4.74 Å². The summed E-state index contributed by atoms with van der Waals surface area (Å²) in [4.78, 5) is 12.4. The molecule has 3 aliphatic heterocycles. The van der Waals surface area contributed by atoms with Gasteiger partial charge in [-0.1, -0.05) is 0 Å². The van der Waals surface area contributed by atoms with Gasteiger partial charge in [0.25, 0.3) is 5.91 Å². The zero-order chi connectivity index (χ0) is 16.4. The molecule has 2 bridgehead atoms. The van der Waals surface area contributed by atoms with Crippen molar-refractivity contribution >= 4 is 5.91 Å². The molecule has 130 valence electrons. The molecule has 0 aliphatic carbocycles. The number of fused-ring (bicyclic) bond motifs is 2. The van der Waals surface area contributed by atoms with Gasteiger partial charge in [0.1, 0.15) is 12.4 Å². The van der Waals surface area contributed by atoms with E-state index >= 15 is 0 Å². The first-order valence-corrected chi connectivity index (χ1v) is 9.17. The Balaban J connectivity index is 1.28. The van der Waals surface area contributed by atoms with Gasteiger partial charge >= 0.3 is 0 Å². The smallest absolute Gasteiger partial charge is 0.251 e. The van der Waals surface area contributed by atoms with E-state index < -0.39 is 0 Å². The van der Waals surface area contributed by atoms with Crippen molar-refractivity contribution in [3.05, 3.63) is 29.8 Å². The van der Waals surface area contributed by atoms with Gasteiger partial charge in [-0.15, -0.1) is 0 Å². The maximum absolute atomic E-state index is 12.4. The van der Waals surface area contributed by atoms with Crippen LogP contribution in [0, 0.1) is 0 Å². The molecule has 3 aliphatic rings. The molecule has 0 spiro atoms. The van der Waals surface area contributed by atoms with Gasteiger partial charge < -0.3 is 20.1 Å². The number of hydrogen-bond donors (Lipinski definition) is 2. The first-order valence-electron chi connectivity index (χ1n) is 9.17. The van der Waals surface area contributed by atoms with E-state index in [2.05, 4.69) is 10.6 Å². The van der Waals surface area contributed by atoms with Crippen LogP contribution in [0.2, 0.25) is 0 Å². The highest BCUT2D eigenvalue weighted by atomic mass is 16.5. The lowest BCUT2D eigenvalue weighted by Gasteiger charge is -2.29. The van der Waals surface area contributed by atoms with Crippen molar-refractivity contribution in [2.24, 2.45) is 0 Å². The number of carbonyl (C=O) groups excluding carboxylic acids is 1. The fourth-order valence-corrected chi connectivity index (χ4v) is 4.11. The van der Waals surface area contributed by atoms with Crippen LogP contribution in [0.5, 0.6) is 5.75 Å². The van der Waals surface area contributed by atoms with Crippen molar-refractivity contribution in [2.75, 3.05) is 13.2 Å². The maximum Gasteiger partial charge on any atom is 0.251 e. The van der Waals surface area contributed by atoms with Crippen LogP contribution in [0.3, 0.4) is 0 Å². The molecule has 1 amide bonds. The number of carbonyl (C=O) groups is 1. The normalized spacial score (nSPS) is 31.8. The van der Waals surface area contributed by atoms with Gasteiger partial charge in [-0.3, -0.25) is 4.79 Å². The van der Waals surface area contributed by atoms with Crippen LogP contribution in [0.15, 0.2) is 24.3 Å². The predicted molar refractivity (Wildman–Crippen MR) is 91.3 cm³/mol. The lowest BCUT2D eigenvalue weighted by Crippen LogP contribution is -2.48. The monoisotopic (exact) mass is 330 g/mol. The molecule has 3 unspecified atom stereocenters. The van der Waals surface area contributed by atoms with Gasteiger partial charge in [0.05, 0.1) is 6.10 Å². The van der Waals surface area contributed by atoms with Crippen LogP contribution in [0.1, 0.15) is 48.9 Å². The lowest BCUT2D eigenvalue weighted by atomic mass is 9.99. The molecular formula is C19H26N2O3. The fraction of sp³-hybridized carbons (Fsp3) is 0.632. The fourth-order valence-electron chi connectivity index (χ4n) is 4.11. The Morgan fingerprint density at radius 2 is 1.92 bits per heavy atom. The highest BCUT2D eigenvalue weighted by Gasteiger charge is 2.34. The molecule has 3 fully saturated rings. The molecule has 1 aromatic carbocycles. The van der Waals surface area contributed by atoms with Crippen LogP contribution < -0.4 is 15.4 Å². The number of nitrogens with one attached hydrogen (secondary N) is 2. The van der Waals surface area contributed by atoms with Crippen molar-refractivity contribution in [1.29, 1.82) is 0 Å². The maximum atomic E-state index is 12.4. The second kappa shape index (κ2) is 7.11. The molecule has 2 N–H and O–H groups in total. The van der Waals surface area contributed by atoms with Crippen molar-refractivity contribution in [2.45, 2.75) is 62.8 Å². The molecule has 3 atom stereocenters. The number of amides is 1. The van der Waals surface area contributed by atoms with Gasteiger partial charge in [-0.25, -0.2) is 0 Å². The molecule has 0 aromatic heterocycles. The first-order chi connectivity index (χ1) is 11.8. The first kappa shape index (κ1) is 15.9. The van der Waals surface area contributed by atoms with E-state index in [1.807, 2.05) is 24.3 Å². The molecule has 4 rings (SSSR count). The van der Waals surface area contributed by atoms with E-state index in [0.717, 1.165) is 38.0 Å². The van der Waals surface area contributed by atoms with Crippen molar-refractivity contribution in [1.82, 2.24) is 10.6 Å². The number of benzene rings is 1. The molecule has 3 saturated heterocycles.